The zero-order valence-electron chi connectivity index (χ0n) is 9.84. The molecule has 2 rings (SSSR count). The number of thiophene rings is 1. The number of hydrogen-bond acceptors (Lipinski definition) is 1. The Hall–Kier alpha value is -0.310. The average Bonchev–Trinajstić information content (AvgIpc) is 2.60. The Balaban J connectivity index is 2.17. The van der Waals surface area contributed by atoms with Crippen LogP contribution in [0.25, 0.3) is 0 Å². The lowest BCUT2D eigenvalue weighted by molar-refractivity contribution is 0.966. The van der Waals surface area contributed by atoms with Crippen molar-refractivity contribution in [2.24, 2.45) is 0 Å². The van der Waals surface area contributed by atoms with Gasteiger partial charge in [-0.15, -0.1) is 11.3 Å². The molecule has 0 N–H and O–H groups in total. The molecule has 0 saturated carbocycles. The summed E-state index contributed by atoms with van der Waals surface area (Å²) in [4.78, 5) is 1.53. The summed E-state index contributed by atoms with van der Waals surface area (Å²) in [7, 11) is 0. The Kier molecular flexibility index (Phi) is 4.29. The lowest BCUT2D eigenvalue weighted by Gasteiger charge is -2.09. The molecular weight excluding hydrogens is 316 g/mol. The van der Waals surface area contributed by atoms with Gasteiger partial charge in [-0.1, -0.05) is 57.4 Å². The Bertz CT molecular complexity index is 519. The summed E-state index contributed by atoms with van der Waals surface area (Å²) >= 11 is 11.7. The fraction of sp³-hybridized carbons (Fsp3) is 0.286. The molecule has 0 aliphatic heterocycles. The van der Waals surface area contributed by atoms with Gasteiger partial charge in [-0.25, -0.2) is 0 Å². The number of alkyl halides is 1. The molecule has 0 bridgehead atoms. The molecule has 0 aliphatic carbocycles. The minimum Gasteiger partial charge on any atom is -0.146 e. The van der Waals surface area contributed by atoms with Gasteiger partial charge in [0.1, 0.15) is 0 Å². The number of aryl methyl sites for hydroxylation is 2. The molecule has 2 aromatic rings. The molecule has 0 spiro atoms. The summed E-state index contributed by atoms with van der Waals surface area (Å²) in [5, 5.41) is 3.02. The van der Waals surface area contributed by atoms with Gasteiger partial charge in [0.15, 0.2) is 0 Å². The first-order valence-electron chi connectivity index (χ1n) is 5.51. The van der Waals surface area contributed by atoms with Gasteiger partial charge in [-0.05, 0) is 36.8 Å². The highest BCUT2D eigenvalue weighted by molar-refractivity contribution is 9.09. The molecule has 17 heavy (non-hydrogen) atoms. The van der Waals surface area contributed by atoms with E-state index in [2.05, 4.69) is 59.4 Å². The van der Waals surface area contributed by atoms with Gasteiger partial charge < -0.3 is 0 Å². The van der Waals surface area contributed by atoms with E-state index in [1.165, 1.54) is 21.6 Å². The van der Waals surface area contributed by atoms with Crippen molar-refractivity contribution in [2.75, 3.05) is 0 Å². The molecule has 0 nitrogen and oxygen atoms in total. The first-order valence-corrected chi connectivity index (χ1v) is 7.68. The fourth-order valence-electron chi connectivity index (χ4n) is 1.80. The Morgan fingerprint density at radius 3 is 2.71 bits per heavy atom. The molecular formula is C14H14BrClS. The second-order valence-electron chi connectivity index (χ2n) is 4.26. The van der Waals surface area contributed by atoms with E-state index >= 15 is 0 Å². The molecule has 1 heterocycles. The van der Waals surface area contributed by atoms with Gasteiger partial charge in [-0.3, -0.25) is 0 Å². The predicted octanol–water partition coefficient (Wildman–Crippen LogP) is 5.70. The van der Waals surface area contributed by atoms with Crippen LogP contribution < -0.4 is 0 Å². The van der Waals surface area contributed by atoms with Gasteiger partial charge >= 0.3 is 0 Å². The van der Waals surface area contributed by atoms with Crippen molar-refractivity contribution >= 4 is 38.9 Å². The molecule has 1 aromatic carbocycles. The van der Waals surface area contributed by atoms with E-state index in [0.29, 0.717) is 4.83 Å². The third-order valence-electron chi connectivity index (χ3n) is 2.71. The van der Waals surface area contributed by atoms with Gasteiger partial charge in [0.2, 0.25) is 0 Å². The summed E-state index contributed by atoms with van der Waals surface area (Å²) < 4.78 is 0. The van der Waals surface area contributed by atoms with Crippen LogP contribution in [0.1, 0.15) is 26.4 Å². The lowest BCUT2D eigenvalue weighted by Crippen LogP contribution is -1.94. The van der Waals surface area contributed by atoms with Crippen LogP contribution in [0.2, 0.25) is 5.02 Å². The number of hydrogen-bond donors (Lipinski definition) is 0. The highest BCUT2D eigenvalue weighted by atomic mass is 79.9. The minimum atomic E-state index is 0.301. The van der Waals surface area contributed by atoms with E-state index in [1.807, 2.05) is 0 Å². The summed E-state index contributed by atoms with van der Waals surface area (Å²) in [5.74, 6) is 0. The number of rotatable bonds is 3. The number of benzene rings is 1. The van der Waals surface area contributed by atoms with Crippen molar-refractivity contribution in [3.05, 3.63) is 56.2 Å². The summed E-state index contributed by atoms with van der Waals surface area (Å²) in [5.41, 5.74) is 3.81. The van der Waals surface area contributed by atoms with Crippen molar-refractivity contribution in [3.8, 4) is 0 Å². The lowest BCUT2D eigenvalue weighted by atomic mass is 10.1. The molecule has 0 saturated heterocycles. The maximum atomic E-state index is 6.28. The zero-order chi connectivity index (χ0) is 12.4. The largest absolute Gasteiger partial charge is 0.146 e. The topological polar surface area (TPSA) is 0 Å². The highest BCUT2D eigenvalue weighted by Gasteiger charge is 2.15. The van der Waals surface area contributed by atoms with Crippen molar-refractivity contribution < 1.29 is 0 Å². The summed E-state index contributed by atoms with van der Waals surface area (Å²) in [6.07, 6.45) is 0.974. The molecule has 0 amide bonds. The smallest absolute Gasteiger partial charge is 0.0585 e. The van der Waals surface area contributed by atoms with Crippen LogP contribution in [0.15, 0.2) is 29.6 Å². The average molecular weight is 330 g/mol. The van der Waals surface area contributed by atoms with E-state index in [0.717, 1.165) is 11.4 Å². The van der Waals surface area contributed by atoms with Crippen LogP contribution in [0.3, 0.4) is 0 Å². The second kappa shape index (κ2) is 5.55. The van der Waals surface area contributed by atoms with Gasteiger partial charge in [0, 0.05) is 4.88 Å². The van der Waals surface area contributed by atoms with E-state index in [-0.39, 0.29) is 0 Å². The van der Waals surface area contributed by atoms with Crippen molar-refractivity contribution in [1.82, 2.24) is 0 Å². The van der Waals surface area contributed by atoms with Crippen LogP contribution in [0.4, 0.5) is 0 Å². The molecule has 1 unspecified atom stereocenters. The Morgan fingerprint density at radius 2 is 2.12 bits per heavy atom. The molecule has 3 heteroatoms. The van der Waals surface area contributed by atoms with Crippen LogP contribution in [-0.4, -0.2) is 0 Å². The first kappa shape index (κ1) is 13.1. The monoisotopic (exact) mass is 328 g/mol. The van der Waals surface area contributed by atoms with Crippen LogP contribution in [0, 0.1) is 13.8 Å². The van der Waals surface area contributed by atoms with Crippen molar-refractivity contribution in [3.63, 3.8) is 0 Å². The maximum absolute atomic E-state index is 6.28. The minimum absolute atomic E-state index is 0.301. The quantitative estimate of drug-likeness (QED) is 0.634. The van der Waals surface area contributed by atoms with Crippen LogP contribution in [-0.2, 0) is 6.42 Å². The van der Waals surface area contributed by atoms with Crippen molar-refractivity contribution in [1.29, 1.82) is 0 Å². The summed E-state index contributed by atoms with van der Waals surface area (Å²) in [6.45, 7) is 4.17. The summed E-state index contributed by atoms with van der Waals surface area (Å²) in [6, 6.07) is 8.61. The normalized spacial score (nSPS) is 12.7. The molecule has 0 fully saturated rings. The third kappa shape index (κ3) is 3.12. The second-order valence-corrected chi connectivity index (χ2v) is 6.65. The van der Waals surface area contributed by atoms with Crippen LogP contribution >= 0.6 is 38.9 Å². The van der Waals surface area contributed by atoms with E-state index in [4.69, 9.17) is 11.6 Å². The first-order chi connectivity index (χ1) is 8.08. The van der Waals surface area contributed by atoms with Gasteiger partial charge in [-0.2, -0.15) is 0 Å². The van der Waals surface area contributed by atoms with Gasteiger partial charge in [0.05, 0.1) is 9.85 Å². The van der Waals surface area contributed by atoms with Crippen LogP contribution in [0.5, 0.6) is 0 Å². The molecule has 0 aliphatic rings. The molecule has 0 radical (unpaired) electrons. The maximum Gasteiger partial charge on any atom is 0.0585 e. The standard InChI is InChI=1S/C14H14BrClS/c1-9-4-3-5-11(6-9)7-12(15)14-13(16)10(2)8-17-14/h3-6,8,12H,7H2,1-2H3. The zero-order valence-corrected chi connectivity index (χ0v) is 13.0. The van der Waals surface area contributed by atoms with E-state index in [9.17, 15) is 0 Å². The van der Waals surface area contributed by atoms with Crippen molar-refractivity contribution in [2.45, 2.75) is 25.1 Å². The molecule has 1 aromatic heterocycles. The highest BCUT2D eigenvalue weighted by Crippen LogP contribution is 2.38. The SMILES string of the molecule is Cc1cccc(CC(Br)c2scc(C)c2Cl)c1. The Morgan fingerprint density at radius 1 is 1.35 bits per heavy atom. The molecule has 90 valence electrons. The Labute approximate surface area is 120 Å². The predicted molar refractivity (Wildman–Crippen MR) is 80.6 cm³/mol. The van der Waals surface area contributed by atoms with E-state index < -0.39 is 0 Å². The fourth-order valence-corrected chi connectivity index (χ4v) is 4.16. The number of halogens is 2. The van der Waals surface area contributed by atoms with Gasteiger partial charge in [0.25, 0.3) is 0 Å². The molecule has 1 atom stereocenters. The van der Waals surface area contributed by atoms with E-state index in [1.54, 1.807) is 11.3 Å². The third-order valence-corrected chi connectivity index (χ3v) is 5.62.